The van der Waals surface area contributed by atoms with E-state index in [0.29, 0.717) is 18.5 Å². The van der Waals surface area contributed by atoms with Gasteiger partial charge in [-0.05, 0) is 45.6 Å². The van der Waals surface area contributed by atoms with Crippen molar-refractivity contribution in [1.82, 2.24) is 10.2 Å². The maximum absolute atomic E-state index is 11.9. The molecule has 21 heavy (non-hydrogen) atoms. The third-order valence-corrected chi connectivity index (χ3v) is 3.66. The van der Waals surface area contributed by atoms with E-state index in [0.717, 1.165) is 0 Å². The fraction of sp³-hybridized carbons (Fsp3) is 0.600. The molecule has 0 fully saturated rings. The van der Waals surface area contributed by atoms with Crippen LogP contribution in [0.25, 0.3) is 0 Å². The quantitative estimate of drug-likeness (QED) is 0.908. The normalized spacial score (nSPS) is 12.6. The summed E-state index contributed by atoms with van der Waals surface area (Å²) in [5, 5.41) is 6.53. The first kappa shape index (κ1) is 17.5. The fourth-order valence-electron chi connectivity index (χ4n) is 1.60. The molecule has 5 nitrogen and oxygen atoms in total. The Bertz CT molecular complexity index is 466. The smallest absolute Gasteiger partial charge is 0.410 e. The number of rotatable bonds is 5. The molecule has 1 atom stereocenters. The Hall–Kier alpha value is -1.56. The van der Waals surface area contributed by atoms with Crippen LogP contribution in [0.5, 0.6) is 0 Å². The minimum atomic E-state index is -0.502. The zero-order valence-corrected chi connectivity index (χ0v) is 14.1. The molecule has 0 radical (unpaired) electrons. The lowest BCUT2D eigenvalue weighted by Gasteiger charge is -2.28. The lowest BCUT2D eigenvalue weighted by atomic mass is 10.2. The molecule has 0 bridgehead atoms. The van der Waals surface area contributed by atoms with E-state index in [1.165, 1.54) is 11.3 Å². The highest BCUT2D eigenvalue weighted by atomic mass is 32.1. The van der Waals surface area contributed by atoms with Gasteiger partial charge in [0, 0.05) is 30.6 Å². The fourth-order valence-corrected chi connectivity index (χ4v) is 2.23. The second-order valence-electron chi connectivity index (χ2n) is 6.00. The maximum Gasteiger partial charge on any atom is 0.410 e. The molecular formula is C15H24N2O3S. The second-order valence-corrected chi connectivity index (χ2v) is 6.78. The SMILES string of the molecule is CC(CCNC(=O)c1ccsc1)N(C)C(=O)OC(C)(C)C. The van der Waals surface area contributed by atoms with E-state index < -0.39 is 5.60 Å². The van der Waals surface area contributed by atoms with E-state index in [1.54, 1.807) is 18.0 Å². The van der Waals surface area contributed by atoms with Gasteiger partial charge in [-0.2, -0.15) is 11.3 Å². The highest BCUT2D eigenvalue weighted by Gasteiger charge is 2.22. The monoisotopic (exact) mass is 312 g/mol. The lowest BCUT2D eigenvalue weighted by Crippen LogP contribution is -2.41. The van der Waals surface area contributed by atoms with Crippen LogP contribution in [0, 0.1) is 0 Å². The highest BCUT2D eigenvalue weighted by molar-refractivity contribution is 7.08. The second kappa shape index (κ2) is 7.45. The summed E-state index contributed by atoms with van der Waals surface area (Å²) < 4.78 is 5.31. The van der Waals surface area contributed by atoms with Crippen LogP contribution < -0.4 is 5.32 Å². The molecule has 0 saturated heterocycles. The average molecular weight is 312 g/mol. The van der Waals surface area contributed by atoms with Gasteiger partial charge in [0.05, 0.1) is 0 Å². The number of thiophene rings is 1. The van der Waals surface area contributed by atoms with Crippen LogP contribution in [0.3, 0.4) is 0 Å². The van der Waals surface area contributed by atoms with Gasteiger partial charge in [-0.3, -0.25) is 4.79 Å². The number of hydrogen-bond acceptors (Lipinski definition) is 4. The summed E-state index contributed by atoms with van der Waals surface area (Å²) in [4.78, 5) is 25.2. The van der Waals surface area contributed by atoms with Gasteiger partial charge >= 0.3 is 6.09 Å². The van der Waals surface area contributed by atoms with E-state index in [2.05, 4.69) is 5.32 Å². The third kappa shape index (κ3) is 6.16. The van der Waals surface area contributed by atoms with Crippen molar-refractivity contribution in [3.8, 4) is 0 Å². The number of amides is 2. The standard InChI is InChI=1S/C15H24N2O3S/c1-11(17(5)14(19)20-15(2,3)4)6-8-16-13(18)12-7-9-21-10-12/h7,9-11H,6,8H2,1-5H3,(H,16,18). The number of nitrogens with zero attached hydrogens (tertiary/aromatic N) is 1. The Balaban J connectivity index is 2.34. The summed E-state index contributed by atoms with van der Waals surface area (Å²) >= 11 is 1.49. The van der Waals surface area contributed by atoms with Gasteiger partial charge in [-0.15, -0.1) is 0 Å². The molecular weight excluding hydrogens is 288 g/mol. The Kier molecular flexibility index (Phi) is 6.20. The van der Waals surface area contributed by atoms with Gasteiger partial charge in [0.15, 0.2) is 0 Å². The first-order valence-corrected chi connectivity index (χ1v) is 7.91. The molecule has 6 heteroatoms. The van der Waals surface area contributed by atoms with Gasteiger partial charge in [0.25, 0.3) is 5.91 Å². The van der Waals surface area contributed by atoms with Crippen molar-refractivity contribution in [2.24, 2.45) is 0 Å². The van der Waals surface area contributed by atoms with Crippen molar-refractivity contribution in [3.05, 3.63) is 22.4 Å². The van der Waals surface area contributed by atoms with Crippen LogP contribution >= 0.6 is 11.3 Å². The summed E-state index contributed by atoms with van der Waals surface area (Å²) in [5.41, 5.74) is 0.172. The van der Waals surface area contributed by atoms with Crippen molar-refractivity contribution in [3.63, 3.8) is 0 Å². The third-order valence-electron chi connectivity index (χ3n) is 2.97. The first-order valence-electron chi connectivity index (χ1n) is 6.97. The van der Waals surface area contributed by atoms with Crippen LogP contribution in [0.15, 0.2) is 16.8 Å². The molecule has 2 amide bonds. The van der Waals surface area contributed by atoms with Crippen LogP contribution in [-0.4, -0.2) is 42.1 Å². The van der Waals surface area contributed by atoms with Crippen LogP contribution in [0.4, 0.5) is 4.79 Å². The van der Waals surface area contributed by atoms with Crippen molar-refractivity contribution >= 4 is 23.3 Å². The number of carbonyl (C=O) groups is 2. The number of ether oxygens (including phenoxy) is 1. The molecule has 1 aromatic rings. The van der Waals surface area contributed by atoms with Gasteiger partial charge in [0.2, 0.25) is 0 Å². The summed E-state index contributed by atoms with van der Waals surface area (Å²) in [6, 6.07) is 1.78. The van der Waals surface area contributed by atoms with E-state index in [4.69, 9.17) is 4.74 Å². The Morgan fingerprint density at radius 1 is 1.43 bits per heavy atom. The van der Waals surface area contributed by atoms with Crippen LogP contribution in [-0.2, 0) is 4.74 Å². The number of hydrogen-bond donors (Lipinski definition) is 1. The molecule has 1 heterocycles. The average Bonchev–Trinajstić information content (AvgIpc) is 2.89. The molecule has 1 unspecified atom stereocenters. The molecule has 1 N–H and O–H groups in total. The maximum atomic E-state index is 11.9. The number of carbonyl (C=O) groups excluding carboxylic acids is 2. The van der Waals surface area contributed by atoms with Crippen molar-refractivity contribution < 1.29 is 14.3 Å². The first-order chi connectivity index (χ1) is 9.70. The predicted molar refractivity (Wildman–Crippen MR) is 84.7 cm³/mol. The predicted octanol–water partition coefficient (Wildman–Crippen LogP) is 3.12. The van der Waals surface area contributed by atoms with Gasteiger partial charge in [0.1, 0.15) is 5.60 Å². The molecule has 1 aromatic heterocycles. The minimum absolute atomic E-state index is 0.0115. The summed E-state index contributed by atoms with van der Waals surface area (Å²) in [6.07, 6.45) is 0.324. The molecule has 0 aliphatic carbocycles. The zero-order valence-electron chi connectivity index (χ0n) is 13.3. The summed E-state index contributed by atoms with van der Waals surface area (Å²) in [5.74, 6) is -0.0802. The van der Waals surface area contributed by atoms with Gasteiger partial charge < -0.3 is 15.0 Å². The minimum Gasteiger partial charge on any atom is -0.444 e. The zero-order chi connectivity index (χ0) is 16.0. The van der Waals surface area contributed by atoms with Crippen molar-refractivity contribution in [2.45, 2.75) is 45.8 Å². The van der Waals surface area contributed by atoms with Crippen molar-refractivity contribution in [1.29, 1.82) is 0 Å². The van der Waals surface area contributed by atoms with E-state index >= 15 is 0 Å². The Labute approximate surface area is 130 Å². The topological polar surface area (TPSA) is 58.6 Å². The lowest BCUT2D eigenvalue weighted by molar-refractivity contribution is 0.0230. The summed E-state index contributed by atoms with van der Waals surface area (Å²) in [6.45, 7) is 7.96. The van der Waals surface area contributed by atoms with Crippen LogP contribution in [0.2, 0.25) is 0 Å². The highest BCUT2D eigenvalue weighted by Crippen LogP contribution is 2.12. The number of nitrogens with one attached hydrogen (secondary N) is 1. The van der Waals surface area contributed by atoms with Gasteiger partial charge in [-0.25, -0.2) is 4.79 Å². The summed E-state index contributed by atoms with van der Waals surface area (Å²) in [7, 11) is 1.71. The largest absolute Gasteiger partial charge is 0.444 e. The molecule has 1 rings (SSSR count). The van der Waals surface area contributed by atoms with E-state index in [-0.39, 0.29) is 18.0 Å². The molecule has 0 aromatic carbocycles. The van der Waals surface area contributed by atoms with Crippen molar-refractivity contribution in [2.75, 3.05) is 13.6 Å². The molecule has 0 aliphatic heterocycles. The van der Waals surface area contributed by atoms with E-state index in [9.17, 15) is 9.59 Å². The van der Waals surface area contributed by atoms with Crippen LogP contribution in [0.1, 0.15) is 44.5 Å². The van der Waals surface area contributed by atoms with Gasteiger partial charge in [-0.1, -0.05) is 0 Å². The molecule has 0 spiro atoms. The Morgan fingerprint density at radius 3 is 2.62 bits per heavy atom. The molecule has 0 aliphatic rings. The molecule has 0 saturated carbocycles. The van der Waals surface area contributed by atoms with E-state index in [1.807, 2.05) is 38.5 Å². The molecule has 118 valence electrons. The Morgan fingerprint density at radius 2 is 2.10 bits per heavy atom.